The lowest BCUT2D eigenvalue weighted by atomic mass is 9.84. The zero-order valence-electron chi connectivity index (χ0n) is 17.1. The van der Waals surface area contributed by atoms with Crippen molar-refractivity contribution in [2.24, 2.45) is 5.92 Å². The molecule has 1 N–H and O–H groups in total. The van der Waals surface area contributed by atoms with E-state index < -0.39 is 12.5 Å². The van der Waals surface area contributed by atoms with E-state index in [1.165, 1.54) is 11.3 Å². The van der Waals surface area contributed by atoms with Gasteiger partial charge >= 0.3 is 5.97 Å². The first-order valence-corrected chi connectivity index (χ1v) is 10.9. The molecule has 1 fully saturated rings. The number of thioether (sulfide) groups is 1. The minimum absolute atomic E-state index is 0.196. The summed E-state index contributed by atoms with van der Waals surface area (Å²) in [5, 5.41) is 9.00. The van der Waals surface area contributed by atoms with Gasteiger partial charge in [-0.15, -0.1) is 0 Å². The topological polar surface area (TPSA) is 60.9 Å². The van der Waals surface area contributed by atoms with Gasteiger partial charge in [0.05, 0.1) is 4.91 Å². The molecule has 0 unspecified atom stereocenters. The third-order valence-corrected chi connectivity index (χ3v) is 6.68. The van der Waals surface area contributed by atoms with Gasteiger partial charge in [-0.3, -0.25) is 14.5 Å². The van der Waals surface area contributed by atoms with Crippen molar-refractivity contribution < 1.29 is 14.7 Å². The molecule has 1 amide bonds. The second kappa shape index (κ2) is 8.32. The van der Waals surface area contributed by atoms with E-state index in [0.717, 1.165) is 35.3 Å². The van der Waals surface area contributed by atoms with E-state index in [-0.39, 0.29) is 15.6 Å². The number of carboxylic acid groups (broad SMARTS) is 1. The second-order valence-electron chi connectivity index (χ2n) is 8.21. The highest BCUT2D eigenvalue weighted by atomic mass is 32.2. The number of hydrogen-bond donors (Lipinski definition) is 1. The van der Waals surface area contributed by atoms with Crippen LogP contribution in [0.3, 0.4) is 0 Å². The van der Waals surface area contributed by atoms with Crippen LogP contribution >= 0.6 is 24.0 Å². The monoisotopic (exact) mass is 430 g/mol. The van der Waals surface area contributed by atoms with Crippen LogP contribution in [0.25, 0.3) is 0 Å². The quantitative estimate of drug-likeness (QED) is 0.528. The minimum atomic E-state index is -1.08. The van der Waals surface area contributed by atoms with Crippen molar-refractivity contribution in [1.82, 2.24) is 4.90 Å². The summed E-state index contributed by atoms with van der Waals surface area (Å²) >= 11 is 6.34. The molecule has 1 aromatic rings. The van der Waals surface area contributed by atoms with Crippen LogP contribution in [0, 0.1) is 5.92 Å². The van der Waals surface area contributed by atoms with Gasteiger partial charge in [0, 0.05) is 23.3 Å². The minimum Gasteiger partial charge on any atom is -0.480 e. The number of nitrogens with zero attached hydrogens (tertiary/aromatic N) is 2. The molecule has 1 saturated heterocycles. The number of carboxylic acids is 1. The Kier molecular flexibility index (Phi) is 6.19. The number of carbonyl (C=O) groups excluding carboxylic acids is 1. The van der Waals surface area contributed by atoms with E-state index in [4.69, 9.17) is 17.3 Å². The molecule has 3 rings (SSSR count). The third-order valence-electron chi connectivity index (χ3n) is 5.29. The molecule has 2 heterocycles. The van der Waals surface area contributed by atoms with Gasteiger partial charge in [0.25, 0.3) is 5.91 Å². The van der Waals surface area contributed by atoms with Crippen molar-refractivity contribution in [2.75, 3.05) is 18.0 Å². The molecule has 0 atom stereocenters. The van der Waals surface area contributed by atoms with Gasteiger partial charge in [-0.1, -0.05) is 69.9 Å². The lowest BCUT2D eigenvalue weighted by molar-refractivity contribution is -0.140. The van der Waals surface area contributed by atoms with Gasteiger partial charge in [-0.05, 0) is 36.1 Å². The first kappa shape index (κ1) is 21.6. The number of thiocarbonyl (C=S) groups is 1. The van der Waals surface area contributed by atoms with Crippen LogP contribution in [0.15, 0.2) is 47.0 Å². The van der Waals surface area contributed by atoms with E-state index in [1.54, 1.807) is 6.08 Å². The molecule has 0 radical (unpaired) electrons. The number of anilines is 1. The number of benzene rings is 1. The molecule has 5 nitrogen and oxygen atoms in total. The number of carbonyl (C=O) groups is 2. The molecule has 0 aliphatic carbocycles. The Morgan fingerprint density at radius 1 is 1.24 bits per heavy atom. The predicted molar refractivity (Wildman–Crippen MR) is 122 cm³/mol. The number of rotatable bonds is 6. The van der Waals surface area contributed by atoms with Crippen LogP contribution in [-0.4, -0.2) is 39.3 Å². The third kappa shape index (κ3) is 4.26. The Morgan fingerprint density at radius 3 is 2.59 bits per heavy atom. The smallest absolute Gasteiger partial charge is 0.323 e. The van der Waals surface area contributed by atoms with Crippen molar-refractivity contribution in [1.29, 1.82) is 0 Å². The van der Waals surface area contributed by atoms with Crippen molar-refractivity contribution in [3.8, 4) is 0 Å². The average Bonchev–Trinajstić information content (AvgIpc) is 3.03. The molecular weight excluding hydrogens is 404 g/mol. The second-order valence-corrected chi connectivity index (χ2v) is 9.89. The van der Waals surface area contributed by atoms with Gasteiger partial charge < -0.3 is 10.0 Å². The highest BCUT2D eigenvalue weighted by Gasteiger charge is 2.40. The van der Waals surface area contributed by atoms with Crippen LogP contribution in [0.5, 0.6) is 0 Å². The first-order valence-electron chi connectivity index (χ1n) is 9.68. The van der Waals surface area contributed by atoms with Crippen molar-refractivity contribution >= 4 is 45.9 Å². The summed E-state index contributed by atoms with van der Waals surface area (Å²) in [5.74, 6) is -0.839. The fourth-order valence-electron chi connectivity index (χ4n) is 3.71. The zero-order chi connectivity index (χ0) is 21.3. The van der Waals surface area contributed by atoms with Gasteiger partial charge in [-0.25, -0.2) is 0 Å². The molecule has 0 spiro atoms. The molecule has 0 saturated carbocycles. The van der Waals surface area contributed by atoms with Crippen LogP contribution < -0.4 is 4.90 Å². The summed E-state index contributed by atoms with van der Waals surface area (Å²) in [7, 11) is 0. The number of aliphatic carboxylic acids is 1. The fourth-order valence-corrected chi connectivity index (χ4v) is 4.91. The largest absolute Gasteiger partial charge is 0.480 e. The Hall–Kier alpha value is -2.12. The van der Waals surface area contributed by atoms with Gasteiger partial charge in [-0.2, -0.15) is 0 Å². The lowest BCUT2D eigenvalue weighted by Crippen LogP contribution is -2.33. The maximum atomic E-state index is 12.6. The molecule has 29 heavy (non-hydrogen) atoms. The van der Waals surface area contributed by atoms with E-state index in [2.05, 4.69) is 56.9 Å². The number of amides is 1. The summed E-state index contributed by atoms with van der Waals surface area (Å²) in [6.45, 7) is 9.30. The van der Waals surface area contributed by atoms with Gasteiger partial charge in [0.2, 0.25) is 0 Å². The molecule has 1 aromatic carbocycles. The normalized spacial score (nSPS) is 21.0. The summed E-state index contributed by atoms with van der Waals surface area (Å²) < 4.78 is 0.285. The number of hydrogen-bond acceptors (Lipinski definition) is 5. The summed E-state index contributed by atoms with van der Waals surface area (Å²) in [4.78, 5) is 27.5. The van der Waals surface area contributed by atoms with Crippen LogP contribution in [0.1, 0.15) is 39.7 Å². The molecule has 0 aromatic heterocycles. The molecule has 154 valence electrons. The Morgan fingerprint density at radius 2 is 1.93 bits per heavy atom. The summed E-state index contributed by atoms with van der Waals surface area (Å²) in [6, 6.07) is 8.41. The number of para-hydroxylation sites is 1. The van der Waals surface area contributed by atoms with E-state index >= 15 is 0 Å². The lowest BCUT2D eigenvalue weighted by Gasteiger charge is -2.27. The molecule has 2 aliphatic heterocycles. The Labute approximate surface area is 181 Å². The number of allylic oxidation sites excluding steroid dienone is 3. The first-order chi connectivity index (χ1) is 13.6. The number of fused-ring (bicyclic) bond motifs is 1. The average molecular weight is 431 g/mol. The zero-order valence-corrected chi connectivity index (χ0v) is 18.8. The molecular formula is C22H26N2O3S2. The predicted octanol–water partition coefficient (Wildman–Crippen LogP) is 4.54. The van der Waals surface area contributed by atoms with Crippen LogP contribution in [0.4, 0.5) is 5.69 Å². The standard InChI is InChI=1S/C22H26N2O3S2/c1-14(2)11-12-23-16-8-6-5-7-15(16)22(3,4)18(23)10-9-17-20(27)24(13-19(25)26)21(28)29-17/h5-10,14H,11-13H2,1-4H3,(H,25,26)/b17-9+,18-10-. The van der Waals surface area contributed by atoms with Gasteiger partial charge in [0.15, 0.2) is 0 Å². The maximum Gasteiger partial charge on any atom is 0.323 e. The van der Waals surface area contributed by atoms with Crippen LogP contribution in [-0.2, 0) is 15.0 Å². The fraction of sp³-hybridized carbons (Fsp3) is 0.409. The summed E-state index contributed by atoms with van der Waals surface area (Å²) in [5.41, 5.74) is 3.40. The Bertz CT molecular complexity index is 918. The van der Waals surface area contributed by atoms with Crippen molar-refractivity contribution in [3.63, 3.8) is 0 Å². The maximum absolute atomic E-state index is 12.6. The van der Waals surface area contributed by atoms with Crippen LogP contribution in [0.2, 0.25) is 0 Å². The Balaban J connectivity index is 1.96. The van der Waals surface area contributed by atoms with Crippen molar-refractivity contribution in [3.05, 3.63) is 52.6 Å². The van der Waals surface area contributed by atoms with Gasteiger partial charge in [0.1, 0.15) is 10.9 Å². The van der Waals surface area contributed by atoms with E-state index in [1.807, 2.05) is 6.08 Å². The molecule has 7 heteroatoms. The SMILES string of the molecule is CC(C)CCN1/C(=C\C=C2\SC(=S)N(CC(=O)O)C2=O)C(C)(C)c2ccccc21. The molecule has 0 bridgehead atoms. The highest BCUT2D eigenvalue weighted by Crippen LogP contribution is 2.48. The van der Waals surface area contributed by atoms with Crippen molar-refractivity contribution in [2.45, 2.75) is 39.5 Å². The van der Waals surface area contributed by atoms with E-state index in [0.29, 0.717) is 10.8 Å². The summed E-state index contributed by atoms with van der Waals surface area (Å²) in [6.07, 6.45) is 4.84. The molecule has 2 aliphatic rings. The highest BCUT2D eigenvalue weighted by molar-refractivity contribution is 8.26. The van der Waals surface area contributed by atoms with E-state index in [9.17, 15) is 9.59 Å².